The van der Waals surface area contributed by atoms with Gasteiger partial charge in [0, 0.05) is 11.0 Å². The van der Waals surface area contributed by atoms with Crippen molar-refractivity contribution in [2.75, 3.05) is 4.31 Å². The third-order valence-corrected chi connectivity index (χ3v) is 7.46. The topological polar surface area (TPSA) is 54.5 Å². The fourth-order valence-electron chi connectivity index (χ4n) is 4.01. The van der Waals surface area contributed by atoms with Crippen molar-refractivity contribution in [3.05, 3.63) is 95.6 Å². The van der Waals surface area contributed by atoms with Gasteiger partial charge in [-0.1, -0.05) is 74.0 Å². The summed E-state index contributed by atoms with van der Waals surface area (Å²) in [5.41, 5.74) is 2.04. The van der Waals surface area contributed by atoms with Gasteiger partial charge in [-0.25, -0.2) is 8.42 Å². The molecule has 3 aromatic carbocycles. The van der Waals surface area contributed by atoms with E-state index >= 15 is 0 Å². The number of nitrogens with zero attached hydrogens (tertiary/aromatic N) is 1. The number of carbonyl (C=O) groups excluding carboxylic acids is 1. The van der Waals surface area contributed by atoms with Crippen LogP contribution in [0.3, 0.4) is 0 Å². The molecule has 4 nitrogen and oxygen atoms in total. The zero-order chi connectivity index (χ0) is 20.8. The summed E-state index contributed by atoms with van der Waals surface area (Å²) in [6, 6.07) is 22.4. The van der Waals surface area contributed by atoms with E-state index in [1.165, 1.54) is 4.31 Å². The van der Waals surface area contributed by atoms with Gasteiger partial charge in [-0.15, -0.1) is 0 Å². The van der Waals surface area contributed by atoms with E-state index in [-0.39, 0.29) is 10.7 Å². The van der Waals surface area contributed by atoms with E-state index in [9.17, 15) is 13.2 Å². The number of carbonyl (C=O) groups is 1. The largest absolute Gasteiger partial charge is 0.292 e. The van der Waals surface area contributed by atoms with Crippen molar-refractivity contribution < 1.29 is 13.2 Å². The lowest BCUT2D eigenvalue weighted by molar-refractivity contribution is 0.0944. The molecule has 29 heavy (non-hydrogen) atoms. The molecule has 5 heteroatoms. The molecule has 1 atom stereocenters. The number of aryl methyl sites for hydroxylation is 1. The van der Waals surface area contributed by atoms with Crippen molar-refractivity contribution in [3.63, 3.8) is 0 Å². The van der Waals surface area contributed by atoms with Crippen molar-refractivity contribution in [2.24, 2.45) is 0 Å². The van der Waals surface area contributed by atoms with Crippen molar-refractivity contribution in [1.82, 2.24) is 0 Å². The minimum absolute atomic E-state index is 0.176. The fourth-order valence-corrected chi connectivity index (χ4v) is 5.77. The van der Waals surface area contributed by atoms with Crippen LogP contribution in [0.25, 0.3) is 0 Å². The highest BCUT2D eigenvalue weighted by atomic mass is 32.2. The van der Waals surface area contributed by atoms with E-state index < -0.39 is 21.5 Å². The van der Waals surface area contributed by atoms with Gasteiger partial charge in [-0.2, -0.15) is 0 Å². The molecule has 1 aliphatic heterocycles. The van der Waals surface area contributed by atoms with Crippen molar-refractivity contribution in [3.8, 4) is 0 Å². The molecule has 0 unspecified atom stereocenters. The molecule has 0 aliphatic carbocycles. The van der Waals surface area contributed by atoms with Crippen LogP contribution in [0.2, 0.25) is 0 Å². The Kier molecular flexibility index (Phi) is 4.58. The molecule has 4 rings (SSSR count). The SMILES string of the molecule is Cc1ccc(S(=O)(=O)N2c3ccccc3C(=O)[C@H]2C(C)(C)c2ccccc2)cc1. The van der Waals surface area contributed by atoms with Gasteiger partial charge < -0.3 is 0 Å². The van der Waals surface area contributed by atoms with Gasteiger partial charge in [0.15, 0.2) is 5.78 Å². The number of para-hydroxylation sites is 1. The highest BCUT2D eigenvalue weighted by molar-refractivity contribution is 7.93. The van der Waals surface area contributed by atoms with Gasteiger partial charge in [0.25, 0.3) is 10.0 Å². The summed E-state index contributed by atoms with van der Waals surface area (Å²) in [5, 5.41) is 0. The number of anilines is 1. The smallest absolute Gasteiger partial charge is 0.265 e. The number of rotatable bonds is 4. The molecule has 3 aromatic rings. The molecule has 0 aromatic heterocycles. The first-order valence-electron chi connectivity index (χ1n) is 9.54. The second kappa shape index (κ2) is 6.85. The highest BCUT2D eigenvalue weighted by Gasteiger charge is 2.51. The molecular weight excluding hydrogens is 382 g/mol. The second-order valence-corrected chi connectivity index (χ2v) is 9.80. The summed E-state index contributed by atoms with van der Waals surface area (Å²) in [4.78, 5) is 13.6. The maximum atomic E-state index is 13.7. The molecule has 0 radical (unpaired) electrons. The second-order valence-electron chi connectivity index (χ2n) is 7.99. The van der Waals surface area contributed by atoms with Crippen molar-refractivity contribution in [1.29, 1.82) is 0 Å². The van der Waals surface area contributed by atoms with Crippen molar-refractivity contribution in [2.45, 2.75) is 37.1 Å². The molecule has 0 amide bonds. The Hall–Kier alpha value is -2.92. The van der Waals surface area contributed by atoms with Crippen LogP contribution in [0, 0.1) is 6.92 Å². The van der Waals surface area contributed by atoms with E-state index in [0.717, 1.165) is 11.1 Å². The number of sulfonamides is 1. The lowest BCUT2D eigenvalue weighted by Crippen LogP contribution is -2.51. The number of fused-ring (bicyclic) bond motifs is 1. The molecule has 0 bridgehead atoms. The Balaban J connectivity index is 1.93. The fraction of sp³-hybridized carbons (Fsp3) is 0.208. The van der Waals surface area contributed by atoms with Crippen LogP contribution in [0.4, 0.5) is 5.69 Å². The molecular formula is C24H23NO3S. The average molecular weight is 406 g/mol. The zero-order valence-electron chi connectivity index (χ0n) is 16.7. The Morgan fingerprint density at radius 2 is 1.41 bits per heavy atom. The van der Waals surface area contributed by atoms with Crippen LogP contribution in [-0.2, 0) is 15.4 Å². The Bertz CT molecular complexity index is 1170. The minimum Gasteiger partial charge on any atom is -0.292 e. The molecule has 0 saturated carbocycles. The van der Waals surface area contributed by atoms with E-state index in [0.29, 0.717) is 11.3 Å². The monoisotopic (exact) mass is 405 g/mol. The van der Waals surface area contributed by atoms with Gasteiger partial charge in [-0.05, 0) is 36.8 Å². The van der Waals surface area contributed by atoms with E-state index in [4.69, 9.17) is 0 Å². The van der Waals surface area contributed by atoms with Gasteiger partial charge in [0.05, 0.1) is 10.6 Å². The Labute approximate surface area is 171 Å². The van der Waals surface area contributed by atoms with Crippen molar-refractivity contribution >= 4 is 21.5 Å². The minimum atomic E-state index is -3.93. The molecule has 1 heterocycles. The van der Waals surface area contributed by atoms with Crippen LogP contribution >= 0.6 is 0 Å². The first-order chi connectivity index (χ1) is 13.7. The van der Waals surface area contributed by atoms with E-state index in [1.807, 2.05) is 51.1 Å². The van der Waals surface area contributed by atoms with E-state index in [1.54, 1.807) is 48.5 Å². The maximum Gasteiger partial charge on any atom is 0.265 e. The number of Topliss-reactive ketones (excluding diaryl/α,β-unsaturated/α-hetero) is 1. The molecule has 0 N–H and O–H groups in total. The number of hydrogen-bond donors (Lipinski definition) is 0. The standard InChI is InChI=1S/C24H23NO3S/c1-17-13-15-19(16-14-17)29(27,28)25-21-12-8-7-11-20(21)22(26)23(25)24(2,3)18-9-5-4-6-10-18/h4-16,23H,1-3H3/t23-/m0/s1. The lowest BCUT2D eigenvalue weighted by Gasteiger charge is -2.37. The summed E-state index contributed by atoms with van der Waals surface area (Å²) >= 11 is 0. The Morgan fingerprint density at radius 3 is 2.07 bits per heavy atom. The molecule has 0 saturated heterocycles. The molecule has 1 aliphatic rings. The van der Waals surface area contributed by atoms with Crippen LogP contribution in [-0.4, -0.2) is 20.2 Å². The lowest BCUT2D eigenvalue weighted by atomic mass is 9.76. The summed E-state index contributed by atoms with van der Waals surface area (Å²) in [6.07, 6.45) is 0. The van der Waals surface area contributed by atoms with Gasteiger partial charge in [0.1, 0.15) is 6.04 Å². The first-order valence-corrected chi connectivity index (χ1v) is 11.0. The summed E-state index contributed by atoms with van der Waals surface area (Å²) in [6.45, 7) is 5.76. The maximum absolute atomic E-state index is 13.7. The summed E-state index contributed by atoms with van der Waals surface area (Å²) < 4.78 is 28.8. The average Bonchev–Trinajstić information content (AvgIpc) is 3.03. The van der Waals surface area contributed by atoms with Gasteiger partial charge >= 0.3 is 0 Å². The number of hydrogen-bond acceptors (Lipinski definition) is 3. The van der Waals surface area contributed by atoms with Gasteiger partial charge in [0.2, 0.25) is 0 Å². The van der Waals surface area contributed by atoms with Crippen LogP contribution in [0.5, 0.6) is 0 Å². The normalized spacial score (nSPS) is 16.7. The molecule has 0 spiro atoms. The predicted octanol–water partition coefficient (Wildman–Crippen LogP) is 4.73. The third-order valence-electron chi connectivity index (χ3n) is 5.67. The first kappa shape index (κ1) is 19.4. The van der Waals surface area contributed by atoms with Crippen LogP contribution in [0.1, 0.15) is 35.3 Å². The number of ketones is 1. The number of benzene rings is 3. The summed E-state index contributed by atoms with van der Waals surface area (Å²) in [5.74, 6) is -0.176. The van der Waals surface area contributed by atoms with Crippen LogP contribution in [0.15, 0.2) is 83.8 Å². The summed E-state index contributed by atoms with van der Waals surface area (Å²) in [7, 11) is -3.93. The predicted molar refractivity (Wildman–Crippen MR) is 115 cm³/mol. The zero-order valence-corrected chi connectivity index (χ0v) is 17.5. The van der Waals surface area contributed by atoms with E-state index in [2.05, 4.69) is 0 Å². The van der Waals surface area contributed by atoms with Gasteiger partial charge in [-0.3, -0.25) is 9.10 Å². The quantitative estimate of drug-likeness (QED) is 0.630. The van der Waals surface area contributed by atoms with Crippen LogP contribution < -0.4 is 4.31 Å². The molecule has 148 valence electrons. The third kappa shape index (κ3) is 3.06. The Morgan fingerprint density at radius 1 is 0.828 bits per heavy atom. The highest BCUT2D eigenvalue weighted by Crippen LogP contribution is 2.44. The molecule has 0 fully saturated rings.